The summed E-state index contributed by atoms with van der Waals surface area (Å²) >= 11 is 0. The lowest BCUT2D eigenvalue weighted by molar-refractivity contribution is 0.112. The van der Waals surface area contributed by atoms with E-state index in [-0.39, 0.29) is 0 Å². The second-order valence-corrected chi connectivity index (χ2v) is 2.96. The molecule has 0 saturated heterocycles. The lowest BCUT2D eigenvalue weighted by atomic mass is 10.2. The van der Waals surface area contributed by atoms with Crippen molar-refractivity contribution in [2.45, 2.75) is 0 Å². The maximum Gasteiger partial charge on any atom is 0.152 e. The Labute approximate surface area is 82.4 Å². The normalized spacial score (nSPS) is 14.4. The molecule has 0 amide bonds. The molecule has 14 heavy (non-hydrogen) atoms. The van der Waals surface area contributed by atoms with Crippen LogP contribution in [0.25, 0.3) is 0 Å². The molecule has 1 aromatic rings. The molecule has 3 nitrogen and oxygen atoms in total. The number of aldehydes is 1. The molecule has 0 N–H and O–H groups in total. The van der Waals surface area contributed by atoms with Gasteiger partial charge < -0.3 is 4.90 Å². The molecule has 0 aromatic heterocycles. The van der Waals surface area contributed by atoms with Crippen LogP contribution in [0.4, 0.5) is 5.69 Å². The van der Waals surface area contributed by atoms with Gasteiger partial charge in [0, 0.05) is 24.2 Å². The third kappa shape index (κ3) is 1.57. The van der Waals surface area contributed by atoms with Gasteiger partial charge in [-0.1, -0.05) is 12.1 Å². The second kappa shape index (κ2) is 3.87. The molecule has 1 aromatic carbocycles. The van der Waals surface area contributed by atoms with E-state index in [1.165, 1.54) is 0 Å². The zero-order valence-corrected chi connectivity index (χ0v) is 7.63. The molecule has 1 aliphatic rings. The van der Waals surface area contributed by atoms with Gasteiger partial charge in [-0.3, -0.25) is 9.79 Å². The summed E-state index contributed by atoms with van der Waals surface area (Å²) in [5, 5.41) is 0. The van der Waals surface area contributed by atoms with Gasteiger partial charge in [0.25, 0.3) is 0 Å². The quantitative estimate of drug-likeness (QED) is 0.660. The molecule has 0 atom stereocenters. The summed E-state index contributed by atoms with van der Waals surface area (Å²) in [5.74, 6) is 0. The third-order valence-corrected chi connectivity index (χ3v) is 2.09. The summed E-state index contributed by atoms with van der Waals surface area (Å²) in [4.78, 5) is 16.7. The number of hydrogen-bond donors (Lipinski definition) is 0. The first-order valence-corrected chi connectivity index (χ1v) is 4.41. The average molecular weight is 186 g/mol. The fraction of sp³-hybridized carbons (Fsp3) is 0.0909. The molecule has 0 saturated carbocycles. The van der Waals surface area contributed by atoms with Crippen LogP contribution in [0.15, 0.2) is 41.7 Å². The number of nitrogens with zero attached hydrogens (tertiary/aromatic N) is 2. The fourth-order valence-corrected chi connectivity index (χ4v) is 1.40. The molecule has 70 valence electrons. The molecule has 0 fully saturated rings. The van der Waals surface area contributed by atoms with Crippen molar-refractivity contribution in [3.05, 3.63) is 42.2 Å². The predicted molar refractivity (Wildman–Crippen MR) is 56.8 cm³/mol. The molecule has 0 radical (unpaired) electrons. The Balaban J connectivity index is 2.35. The summed E-state index contributed by atoms with van der Waals surface area (Å²) < 4.78 is 0. The highest BCUT2D eigenvalue weighted by molar-refractivity contribution is 5.86. The SMILES string of the molecule is O=Cc1ccccc1N1C=CN=CC1. The zero-order chi connectivity index (χ0) is 9.80. The molecular formula is C11H10N2O. The predicted octanol–water partition coefficient (Wildman–Crippen LogP) is 1.86. The van der Waals surface area contributed by atoms with E-state index in [2.05, 4.69) is 4.99 Å². The van der Waals surface area contributed by atoms with E-state index in [1.807, 2.05) is 41.6 Å². The van der Waals surface area contributed by atoms with Crippen molar-refractivity contribution in [2.75, 3.05) is 11.4 Å². The Morgan fingerprint density at radius 1 is 1.36 bits per heavy atom. The van der Waals surface area contributed by atoms with E-state index in [4.69, 9.17) is 0 Å². The minimum Gasteiger partial charge on any atom is -0.340 e. The minimum absolute atomic E-state index is 0.701. The highest BCUT2D eigenvalue weighted by atomic mass is 16.1. The summed E-state index contributed by atoms with van der Waals surface area (Å²) in [6, 6.07) is 7.51. The van der Waals surface area contributed by atoms with Crippen molar-refractivity contribution >= 4 is 18.2 Å². The lowest BCUT2D eigenvalue weighted by Crippen LogP contribution is -2.21. The molecular weight excluding hydrogens is 176 g/mol. The van der Waals surface area contributed by atoms with Gasteiger partial charge in [-0.15, -0.1) is 0 Å². The van der Waals surface area contributed by atoms with Crippen LogP contribution in [-0.4, -0.2) is 19.0 Å². The molecule has 2 rings (SSSR count). The Hall–Kier alpha value is -1.90. The molecule has 3 heteroatoms. The van der Waals surface area contributed by atoms with Gasteiger partial charge in [0.1, 0.15) is 0 Å². The molecule has 1 aliphatic heterocycles. The van der Waals surface area contributed by atoms with E-state index in [0.717, 1.165) is 12.0 Å². The summed E-state index contributed by atoms with van der Waals surface area (Å²) in [6.07, 6.45) is 6.25. The summed E-state index contributed by atoms with van der Waals surface area (Å²) in [7, 11) is 0. The first kappa shape index (κ1) is 8.69. The van der Waals surface area contributed by atoms with E-state index < -0.39 is 0 Å². The van der Waals surface area contributed by atoms with Crippen LogP contribution >= 0.6 is 0 Å². The van der Waals surface area contributed by atoms with Crippen molar-refractivity contribution in [1.29, 1.82) is 0 Å². The number of carbonyl (C=O) groups excluding carboxylic acids is 1. The average Bonchev–Trinajstić information content (AvgIpc) is 2.30. The highest BCUT2D eigenvalue weighted by Gasteiger charge is 2.07. The Morgan fingerprint density at radius 3 is 2.93 bits per heavy atom. The number of carbonyl (C=O) groups is 1. The summed E-state index contributed by atoms with van der Waals surface area (Å²) in [6.45, 7) is 0.710. The number of aliphatic imine (C=N–C) groups is 1. The van der Waals surface area contributed by atoms with Gasteiger partial charge in [-0.25, -0.2) is 0 Å². The second-order valence-electron chi connectivity index (χ2n) is 2.96. The maximum absolute atomic E-state index is 10.8. The van der Waals surface area contributed by atoms with Crippen LogP contribution in [0.3, 0.4) is 0 Å². The fourth-order valence-electron chi connectivity index (χ4n) is 1.40. The molecule has 0 unspecified atom stereocenters. The smallest absolute Gasteiger partial charge is 0.152 e. The van der Waals surface area contributed by atoms with Crippen LogP contribution in [0.5, 0.6) is 0 Å². The molecule has 0 bridgehead atoms. The number of hydrogen-bond acceptors (Lipinski definition) is 3. The Morgan fingerprint density at radius 2 is 2.21 bits per heavy atom. The monoisotopic (exact) mass is 186 g/mol. The van der Waals surface area contributed by atoms with Crippen LogP contribution in [0.1, 0.15) is 10.4 Å². The number of anilines is 1. The van der Waals surface area contributed by atoms with Crippen LogP contribution < -0.4 is 4.90 Å². The summed E-state index contributed by atoms with van der Waals surface area (Å²) in [5.41, 5.74) is 1.62. The molecule has 0 spiro atoms. The van der Waals surface area contributed by atoms with Crippen molar-refractivity contribution in [3.8, 4) is 0 Å². The lowest BCUT2D eigenvalue weighted by Gasteiger charge is -2.21. The zero-order valence-electron chi connectivity index (χ0n) is 7.63. The highest BCUT2D eigenvalue weighted by Crippen LogP contribution is 2.19. The van der Waals surface area contributed by atoms with Gasteiger partial charge in [0.15, 0.2) is 6.29 Å². The first-order valence-electron chi connectivity index (χ1n) is 4.41. The number of benzene rings is 1. The van der Waals surface area contributed by atoms with Crippen molar-refractivity contribution in [2.24, 2.45) is 4.99 Å². The van der Waals surface area contributed by atoms with Crippen molar-refractivity contribution in [3.63, 3.8) is 0 Å². The van der Waals surface area contributed by atoms with Gasteiger partial charge in [-0.05, 0) is 12.1 Å². The van der Waals surface area contributed by atoms with Crippen LogP contribution in [-0.2, 0) is 0 Å². The standard InChI is InChI=1S/C11H10N2O/c14-9-10-3-1-2-4-11(10)13-7-5-12-6-8-13/h1-7,9H,8H2. The van der Waals surface area contributed by atoms with E-state index in [0.29, 0.717) is 12.1 Å². The topological polar surface area (TPSA) is 32.7 Å². The first-order chi connectivity index (χ1) is 6.92. The van der Waals surface area contributed by atoms with Gasteiger partial charge in [0.05, 0.1) is 12.2 Å². The minimum atomic E-state index is 0.701. The molecule has 1 heterocycles. The van der Waals surface area contributed by atoms with Crippen LogP contribution in [0.2, 0.25) is 0 Å². The molecule has 0 aliphatic carbocycles. The van der Waals surface area contributed by atoms with E-state index >= 15 is 0 Å². The van der Waals surface area contributed by atoms with Gasteiger partial charge in [0.2, 0.25) is 0 Å². The number of para-hydroxylation sites is 1. The Bertz CT molecular complexity index is 396. The van der Waals surface area contributed by atoms with Crippen molar-refractivity contribution in [1.82, 2.24) is 0 Å². The third-order valence-electron chi connectivity index (χ3n) is 2.09. The number of rotatable bonds is 2. The van der Waals surface area contributed by atoms with Gasteiger partial charge in [-0.2, -0.15) is 0 Å². The van der Waals surface area contributed by atoms with E-state index in [1.54, 1.807) is 6.20 Å². The Kier molecular flexibility index (Phi) is 2.40. The van der Waals surface area contributed by atoms with Gasteiger partial charge >= 0.3 is 0 Å². The largest absolute Gasteiger partial charge is 0.340 e. The van der Waals surface area contributed by atoms with E-state index in [9.17, 15) is 4.79 Å². The van der Waals surface area contributed by atoms with Crippen LogP contribution in [0, 0.1) is 0 Å². The maximum atomic E-state index is 10.8. The van der Waals surface area contributed by atoms with Crippen molar-refractivity contribution < 1.29 is 4.79 Å².